The predicted molar refractivity (Wildman–Crippen MR) is 196 cm³/mol. The molecule has 0 amide bonds. The Morgan fingerprint density at radius 3 is 1.41 bits per heavy atom. The van der Waals surface area contributed by atoms with E-state index in [4.69, 9.17) is 61.1 Å². The molecule has 0 saturated carbocycles. The summed E-state index contributed by atoms with van der Waals surface area (Å²) in [6, 6.07) is 11.9. The van der Waals surface area contributed by atoms with E-state index in [0.717, 1.165) is 68.8 Å². The first kappa shape index (κ1) is 43.8. The molecule has 9 nitrogen and oxygen atoms in total. The third kappa shape index (κ3) is 12.7. The molecule has 7 rings (SSSR count). The fraction of sp³-hybridized carbons (Fsp3) is 0.667. The van der Waals surface area contributed by atoms with Gasteiger partial charge in [-0.1, -0.05) is 45.8 Å². The van der Waals surface area contributed by atoms with Crippen LogP contribution in [0.2, 0.25) is 10.0 Å². The molecule has 0 unspecified atom stereocenters. The third-order valence-corrected chi connectivity index (χ3v) is 9.74. The van der Waals surface area contributed by atoms with Gasteiger partial charge in [0.25, 0.3) is 0 Å². The van der Waals surface area contributed by atoms with E-state index in [1.54, 1.807) is 7.11 Å². The molecule has 272 valence electrons. The first-order valence-electron chi connectivity index (χ1n) is 16.8. The van der Waals surface area contributed by atoms with E-state index in [0.29, 0.717) is 56.3 Å². The summed E-state index contributed by atoms with van der Waals surface area (Å²) in [7, 11) is 1.74. The summed E-state index contributed by atoms with van der Waals surface area (Å²) in [5, 5.41) is 11.2. The van der Waals surface area contributed by atoms with Crippen LogP contribution in [0.3, 0.4) is 0 Å². The van der Waals surface area contributed by atoms with Gasteiger partial charge in [0.2, 0.25) is 0 Å². The Bertz CT molecular complexity index is 1210. The van der Waals surface area contributed by atoms with Crippen LogP contribution in [0.1, 0.15) is 74.8 Å². The summed E-state index contributed by atoms with van der Waals surface area (Å²) in [6.07, 6.45) is 5.38. The van der Waals surface area contributed by atoms with Gasteiger partial charge in [0.05, 0.1) is 39.6 Å². The summed E-state index contributed by atoms with van der Waals surface area (Å²) < 4.78 is 43.6. The molecule has 5 aliphatic rings. The van der Waals surface area contributed by atoms with Crippen molar-refractivity contribution in [2.75, 3.05) is 91.3 Å². The Kier molecular flexibility index (Phi) is 20.8. The molecule has 5 fully saturated rings. The summed E-state index contributed by atoms with van der Waals surface area (Å²) >= 11 is 14.7. The van der Waals surface area contributed by atoms with E-state index in [1.807, 2.05) is 35.3 Å². The van der Waals surface area contributed by atoms with Crippen LogP contribution in [-0.4, -0.2) is 96.4 Å². The fourth-order valence-corrected chi connectivity index (χ4v) is 7.06. The molecule has 5 saturated heterocycles. The number of aliphatic hydroxyl groups is 1. The van der Waals surface area contributed by atoms with Gasteiger partial charge in [-0.15, -0.1) is 0 Å². The van der Waals surface area contributed by atoms with Gasteiger partial charge >= 0.3 is 29.6 Å². The van der Waals surface area contributed by atoms with E-state index >= 15 is 0 Å². The van der Waals surface area contributed by atoms with Crippen molar-refractivity contribution < 1.29 is 74.0 Å². The van der Waals surface area contributed by atoms with E-state index in [-0.39, 0.29) is 61.0 Å². The maximum absolute atomic E-state index is 9.88. The summed E-state index contributed by atoms with van der Waals surface area (Å²) in [5.41, 5.74) is 3.84. The monoisotopic (exact) mass is 848 g/mol. The minimum absolute atomic E-state index is 0. The van der Waals surface area contributed by atoms with Crippen LogP contribution in [0.4, 0.5) is 0 Å². The summed E-state index contributed by atoms with van der Waals surface area (Å²) in [4.78, 5) is 1.97. The van der Waals surface area contributed by atoms with Crippen LogP contribution in [0, 0.1) is 0 Å². The van der Waals surface area contributed by atoms with Gasteiger partial charge < -0.3 is 44.4 Å². The first-order chi connectivity index (χ1) is 23.5. The van der Waals surface area contributed by atoms with Crippen molar-refractivity contribution in [3.05, 3.63) is 68.7 Å². The molecule has 13 heteroatoms. The van der Waals surface area contributed by atoms with Gasteiger partial charge in [0.15, 0.2) is 12.6 Å². The zero-order valence-electron chi connectivity index (χ0n) is 30.2. The molecule has 0 bridgehead atoms. The SMILES string of the molecule is C1CCOC1.CI.COCC1(c2cc(Cl)cc(C3OCCO3)c2)CCOCC1.OCC1(c2cc(Cl)cc(C3OCCO3)c2)CCOCC1.[H-].[Na+]. The van der Waals surface area contributed by atoms with E-state index in [9.17, 15) is 5.11 Å². The number of hydrogen-bond acceptors (Lipinski definition) is 9. The molecule has 0 spiro atoms. The molecule has 0 radical (unpaired) electrons. The third-order valence-electron chi connectivity index (χ3n) is 9.30. The van der Waals surface area contributed by atoms with Crippen molar-refractivity contribution in [3.63, 3.8) is 0 Å². The second-order valence-electron chi connectivity index (χ2n) is 12.4. The van der Waals surface area contributed by atoms with Gasteiger partial charge in [-0.25, -0.2) is 0 Å². The number of aliphatic hydroxyl groups excluding tert-OH is 1. The number of halogens is 3. The quantitative estimate of drug-likeness (QED) is 0.246. The number of methoxy groups -OCH3 is 1. The van der Waals surface area contributed by atoms with Crippen molar-refractivity contribution in [1.29, 1.82) is 0 Å². The number of alkyl halides is 1. The van der Waals surface area contributed by atoms with Crippen molar-refractivity contribution in [2.24, 2.45) is 0 Å². The Hall–Kier alpha value is 0.390. The van der Waals surface area contributed by atoms with Gasteiger partial charge in [0, 0.05) is 78.8 Å². The maximum Gasteiger partial charge on any atom is 1.00 e. The Morgan fingerprint density at radius 2 is 1.04 bits per heavy atom. The average Bonchev–Trinajstić information content (AvgIpc) is 3.96. The van der Waals surface area contributed by atoms with Gasteiger partial charge in [-0.2, -0.15) is 0 Å². The number of rotatable bonds is 7. The first-order valence-corrected chi connectivity index (χ1v) is 19.7. The van der Waals surface area contributed by atoms with Crippen LogP contribution < -0.4 is 29.6 Å². The van der Waals surface area contributed by atoms with Crippen LogP contribution >= 0.6 is 45.8 Å². The molecule has 5 heterocycles. The second kappa shape index (κ2) is 23.2. The molecule has 0 aliphatic carbocycles. The second-order valence-corrected chi connectivity index (χ2v) is 13.3. The van der Waals surface area contributed by atoms with Gasteiger partial charge in [-0.3, -0.25) is 0 Å². The minimum atomic E-state index is -0.344. The minimum Gasteiger partial charge on any atom is -1.00 e. The molecule has 0 atom stereocenters. The molecular formula is C36H52Cl2INaO9. The molecule has 0 aromatic heterocycles. The normalized spacial score (nSPS) is 21.7. The number of benzene rings is 2. The molecular weight excluding hydrogens is 797 g/mol. The zero-order chi connectivity index (χ0) is 34.2. The van der Waals surface area contributed by atoms with Crippen molar-refractivity contribution in [2.45, 2.75) is 61.9 Å². The van der Waals surface area contributed by atoms with Gasteiger partial charge in [-0.05, 0) is 91.0 Å². The van der Waals surface area contributed by atoms with Crippen LogP contribution in [0.15, 0.2) is 36.4 Å². The number of hydrogen-bond donors (Lipinski definition) is 1. The molecule has 49 heavy (non-hydrogen) atoms. The van der Waals surface area contributed by atoms with Crippen LogP contribution in [-0.2, 0) is 48.7 Å². The summed E-state index contributed by atoms with van der Waals surface area (Å²) in [6.45, 7) is 8.07. The van der Waals surface area contributed by atoms with E-state index in [1.165, 1.54) is 18.4 Å². The number of ether oxygens (including phenoxy) is 8. The topological polar surface area (TPSA) is 94.1 Å². The Balaban J connectivity index is 0.000000282. The Morgan fingerprint density at radius 1 is 0.653 bits per heavy atom. The standard InChI is InChI=1S/C16H21ClO4.C15H19ClO4.C4H8O.CH3I.Na.H/c1-18-11-16(2-4-19-5-3-16)13-8-12(9-14(17)10-13)15-20-6-7-21-15;16-13-8-11(14-19-5-6-20-14)7-12(9-13)15(10-17)1-3-18-4-2-15;1-2-4-5-3-1;1-2;;/h8-10,15H,2-7,11H2,1H3;7-9,14,17H,1-6,10H2;1-4H2;1H3;;/q;;;;+1;-1. The molecule has 2 aromatic carbocycles. The smallest absolute Gasteiger partial charge is 1.00 e. The largest absolute Gasteiger partial charge is 1.00 e. The molecule has 1 N–H and O–H groups in total. The zero-order valence-corrected chi connectivity index (χ0v) is 34.9. The van der Waals surface area contributed by atoms with Crippen molar-refractivity contribution in [3.8, 4) is 0 Å². The van der Waals surface area contributed by atoms with Crippen LogP contribution in [0.5, 0.6) is 0 Å². The van der Waals surface area contributed by atoms with E-state index < -0.39 is 0 Å². The average molecular weight is 850 g/mol. The van der Waals surface area contributed by atoms with E-state index in [2.05, 4.69) is 28.7 Å². The van der Waals surface area contributed by atoms with Crippen molar-refractivity contribution >= 4 is 45.8 Å². The Labute approximate surface area is 339 Å². The van der Waals surface area contributed by atoms with Gasteiger partial charge in [0.1, 0.15) is 0 Å². The summed E-state index contributed by atoms with van der Waals surface area (Å²) in [5.74, 6) is 0. The molecule has 5 aliphatic heterocycles. The van der Waals surface area contributed by atoms with Crippen molar-refractivity contribution in [1.82, 2.24) is 0 Å². The maximum atomic E-state index is 9.88. The fourth-order valence-electron chi connectivity index (χ4n) is 6.58. The van der Waals surface area contributed by atoms with Crippen LogP contribution in [0.25, 0.3) is 0 Å². The predicted octanol–water partition coefficient (Wildman–Crippen LogP) is 4.47. The molecule has 2 aromatic rings.